The fourth-order valence-electron chi connectivity index (χ4n) is 1.89. The molecule has 2 aromatic rings. The maximum Gasteiger partial charge on any atom is 0.310 e. The predicted octanol–water partition coefficient (Wildman–Crippen LogP) is 2.86. The van der Waals surface area contributed by atoms with E-state index in [2.05, 4.69) is 20.0 Å². The van der Waals surface area contributed by atoms with Crippen molar-refractivity contribution in [1.29, 1.82) is 0 Å². The quantitative estimate of drug-likeness (QED) is 0.621. The number of anilines is 2. The number of hydrogen-bond donors (Lipinski definition) is 1. The van der Waals surface area contributed by atoms with Crippen molar-refractivity contribution < 1.29 is 18.1 Å². The molecule has 1 aromatic carbocycles. The summed E-state index contributed by atoms with van der Waals surface area (Å²) in [5.41, 5.74) is 0.593. The van der Waals surface area contributed by atoms with Crippen LogP contribution in [0.1, 0.15) is 12.5 Å². The summed E-state index contributed by atoms with van der Waals surface area (Å²) in [7, 11) is -0.0633. The lowest BCUT2D eigenvalue weighted by molar-refractivity contribution is -0.139. The van der Waals surface area contributed by atoms with Crippen LogP contribution in [0, 0.1) is 5.82 Å². The second-order valence-corrected chi connectivity index (χ2v) is 6.72. The predicted molar refractivity (Wildman–Crippen MR) is 89.4 cm³/mol. The summed E-state index contributed by atoms with van der Waals surface area (Å²) in [6.45, 7) is 1.76. The third-order valence-electron chi connectivity index (χ3n) is 3.11. The van der Waals surface area contributed by atoms with Gasteiger partial charge in [-0.15, -0.1) is 0 Å². The standard InChI is InChI=1S/C15H15ClFN3O3S/c1-3-24(22)12-8-18-15(16)20-14(12)19-10-5-4-9(11(17)7-10)6-13(21)23-2/h4-5,7-8H,3,6H2,1-2H3,(H,18,19,20). The first-order valence-electron chi connectivity index (χ1n) is 6.97. The van der Waals surface area contributed by atoms with E-state index in [4.69, 9.17) is 11.6 Å². The smallest absolute Gasteiger partial charge is 0.310 e. The first-order valence-corrected chi connectivity index (χ1v) is 8.67. The van der Waals surface area contributed by atoms with Crippen LogP contribution in [0.4, 0.5) is 15.9 Å². The molecule has 0 saturated carbocycles. The molecule has 6 nitrogen and oxygen atoms in total. The Morgan fingerprint density at radius 3 is 2.83 bits per heavy atom. The van der Waals surface area contributed by atoms with Crippen LogP contribution in [0.3, 0.4) is 0 Å². The molecule has 1 unspecified atom stereocenters. The number of aromatic nitrogens is 2. The van der Waals surface area contributed by atoms with Gasteiger partial charge in [0.15, 0.2) is 5.82 Å². The van der Waals surface area contributed by atoms with Gasteiger partial charge in [0.25, 0.3) is 0 Å². The maximum absolute atomic E-state index is 14.1. The number of carbonyl (C=O) groups excluding carboxylic acids is 1. The molecule has 0 spiro atoms. The molecule has 128 valence electrons. The van der Waals surface area contributed by atoms with Crippen molar-refractivity contribution >= 4 is 39.9 Å². The van der Waals surface area contributed by atoms with E-state index in [0.717, 1.165) is 0 Å². The van der Waals surface area contributed by atoms with Crippen LogP contribution in [-0.4, -0.2) is 33.0 Å². The first kappa shape index (κ1) is 18.3. The Hall–Kier alpha value is -2.06. The molecule has 0 aliphatic carbocycles. The lowest BCUT2D eigenvalue weighted by atomic mass is 10.1. The van der Waals surface area contributed by atoms with Crippen molar-refractivity contribution in [2.75, 3.05) is 18.2 Å². The highest BCUT2D eigenvalue weighted by Gasteiger charge is 2.14. The lowest BCUT2D eigenvalue weighted by Gasteiger charge is -2.11. The Kier molecular flexibility index (Phi) is 6.22. The minimum absolute atomic E-state index is 0.0165. The number of hydrogen-bond acceptors (Lipinski definition) is 6. The molecule has 2 rings (SSSR count). The number of benzene rings is 1. The maximum atomic E-state index is 14.1. The largest absolute Gasteiger partial charge is 0.469 e. The molecular weight excluding hydrogens is 357 g/mol. The van der Waals surface area contributed by atoms with Gasteiger partial charge >= 0.3 is 5.97 Å². The number of nitrogens with one attached hydrogen (secondary N) is 1. The van der Waals surface area contributed by atoms with Crippen molar-refractivity contribution in [3.8, 4) is 0 Å². The van der Waals surface area contributed by atoms with Crippen molar-refractivity contribution in [3.05, 3.63) is 41.1 Å². The minimum Gasteiger partial charge on any atom is -0.469 e. The van der Waals surface area contributed by atoms with Gasteiger partial charge in [0.2, 0.25) is 5.28 Å². The molecule has 0 saturated heterocycles. The van der Waals surface area contributed by atoms with E-state index in [0.29, 0.717) is 16.3 Å². The summed E-state index contributed by atoms with van der Waals surface area (Å²) in [6, 6.07) is 4.26. The van der Waals surface area contributed by atoms with Gasteiger partial charge in [0, 0.05) is 11.4 Å². The van der Waals surface area contributed by atoms with E-state index >= 15 is 0 Å². The highest BCUT2D eigenvalue weighted by atomic mass is 35.5. The first-order chi connectivity index (χ1) is 11.4. The Morgan fingerprint density at radius 2 is 2.21 bits per heavy atom. The van der Waals surface area contributed by atoms with Crippen molar-refractivity contribution in [2.24, 2.45) is 0 Å². The fourth-order valence-corrected chi connectivity index (χ4v) is 2.82. The third-order valence-corrected chi connectivity index (χ3v) is 4.61. The van der Waals surface area contributed by atoms with E-state index < -0.39 is 22.6 Å². The van der Waals surface area contributed by atoms with Gasteiger partial charge in [-0.05, 0) is 29.3 Å². The summed E-state index contributed by atoms with van der Waals surface area (Å²) in [6.07, 6.45) is 1.21. The summed E-state index contributed by atoms with van der Waals surface area (Å²) >= 11 is 5.77. The summed E-state index contributed by atoms with van der Waals surface area (Å²) in [5, 5.41) is 2.86. The van der Waals surface area contributed by atoms with Gasteiger partial charge in [0.05, 0.1) is 35.4 Å². The normalized spacial score (nSPS) is 11.8. The third kappa shape index (κ3) is 4.48. The van der Waals surface area contributed by atoms with Crippen LogP contribution in [-0.2, 0) is 26.8 Å². The zero-order valence-corrected chi connectivity index (χ0v) is 14.6. The average Bonchev–Trinajstić information content (AvgIpc) is 2.56. The second kappa shape index (κ2) is 8.16. The van der Waals surface area contributed by atoms with E-state index in [1.807, 2.05) is 0 Å². The Bertz CT molecular complexity index is 789. The van der Waals surface area contributed by atoms with Gasteiger partial charge in [-0.1, -0.05) is 13.0 Å². The topological polar surface area (TPSA) is 81.2 Å². The van der Waals surface area contributed by atoms with Crippen LogP contribution in [0.25, 0.3) is 0 Å². The molecule has 0 fully saturated rings. The molecule has 24 heavy (non-hydrogen) atoms. The number of carbonyl (C=O) groups is 1. The summed E-state index contributed by atoms with van der Waals surface area (Å²) < 4.78 is 30.6. The Morgan fingerprint density at radius 1 is 1.46 bits per heavy atom. The van der Waals surface area contributed by atoms with Crippen molar-refractivity contribution in [3.63, 3.8) is 0 Å². The monoisotopic (exact) mass is 371 g/mol. The van der Waals surface area contributed by atoms with E-state index in [9.17, 15) is 13.4 Å². The van der Waals surface area contributed by atoms with Gasteiger partial charge in [0.1, 0.15) is 5.82 Å². The SMILES string of the molecule is CCS(=O)c1cnc(Cl)nc1Nc1ccc(CC(=O)OC)c(F)c1. The molecule has 0 aliphatic heterocycles. The van der Waals surface area contributed by atoms with Crippen molar-refractivity contribution in [1.82, 2.24) is 9.97 Å². The molecule has 0 bridgehead atoms. The van der Waals surface area contributed by atoms with Gasteiger partial charge in [-0.2, -0.15) is 4.98 Å². The van der Waals surface area contributed by atoms with Crippen LogP contribution in [0.15, 0.2) is 29.3 Å². The van der Waals surface area contributed by atoms with Crippen LogP contribution in [0.2, 0.25) is 5.28 Å². The van der Waals surface area contributed by atoms with Gasteiger partial charge in [-0.25, -0.2) is 9.37 Å². The molecule has 0 aliphatic rings. The molecule has 1 aromatic heterocycles. The number of nitrogens with zero attached hydrogens (tertiary/aromatic N) is 2. The molecule has 9 heteroatoms. The summed E-state index contributed by atoms with van der Waals surface area (Å²) in [5.74, 6) is -0.469. The number of methoxy groups -OCH3 is 1. The lowest BCUT2D eigenvalue weighted by Crippen LogP contribution is -2.07. The highest BCUT2D eigenvalue weighted by molar-refractivity contribution is 7.85. The minimum atomic E-state index is -1.30. The van der Waals surface area contributed by atoms with Crippen LogP contribution in [0.5, 0.6) is 0 Å². The fraction of sp³-hybridized carbons (Fsp3) is 0.267. The zero-order chi connectivity index (χ0) is 17.7. The van der Waals surface area contributed by atoms with Crippen LogP contribution < -0.4 is 5.32 Å². The van der Waals surface area contributed by atoms with Gasteiger partial charge < -0.3 is 10.1 Å². The van der Waals surface area contributed by atoms with Crippen LogP contribution >= 0.6 is 11.6 Å². The number of rotatable bonds is 6. The average molecular weight is 372 g/mol. The van der Waals surface area contributed by atoms with Gasteiger partial charge in [-0.3, -0.25) is 9.00 Å². The van der Waals surface area contributed by atoms with E-state index in [1.165, 1.54) is 25.4 Å². The molecule has 0 radical (unpaired) electrons. The number of halogens is 2. The number of esters is 1. The Balaban J connectivity index is 2.28. The molecular formula is C15H15ClFN3O3S. The molecule has 0 amide bonds. The second-order valence-electron chi connectivity index (χ2n) is 4.67. The Labute approximate surface area is 145 Å². The van der Waals surface area contributed by atoms with E-state index in [1.54, 1.807) is 13.0 Å². The molecule has 1 heterocycles. The number of ether oxygens (including phenoxy) is 1. The molecule has 1 N–H and O–H groups in total. The van der Waals surface area contributed by atoms with Crippen molar-refractivity contribution in [2.45, 2.75) is 18.2 Å². The molecule has 1 atom stereocenters. The van der Waals surface area contributed by atoms with E-state index in [-0.39, 0.29) is 23.1 Å². The highest BCUT2D eigenvalue weighted by Crippen LogP contribution is 2.24. The zero-order valence-electron chi connectivity index (χ0n) is 13.0. The summed E-state index contributed by atoms with van der Waals surface area (Å²) in [4.78, 5) is 19.4.